The highest BCUT2D eigenvalue weighted by molar-refractivity contribution is 5.94. The van der Waals surface area contributed by atoms with E-state index in [2.05, 4.69) is 15.5 Å². The van der Waals surface area contributed by atoms with E-state index in [1.54, 1.807) is 12.1 Å². The molecule has 1 saturated carbocycles. The molecule has 0 aromatic heterocycles. The van der Waals surface area contributed by atoms with Crippen molar-refractivity contribution in [3.8, 4) is 17.2 Å². The number of hydrogen-bond donors (Lipinski definition) is 4. The summed E-state index contributed by atoms with van der Waals surface area (Å²) in [7, 11) is 0. The largest absolute Gasteiger partial charge is 0.457 e. The minimum Gasteiger partial charge on any atom is -0.457 e. The molecule has 1 aliphatic carbocycles. The maximum atomic E-state index is 13.3. The third-order valence-electron chi connectivity index (χ3n) is 4.75. The molecule has 1 fully saturated rings. The summed E-state index contributed by atoms with van der Waals surface area (Å²) in [4.78, 5) is 28.1. The molecule has 8 nitrogen and oxygen atoms in total. The van der Waals surface area contributed by atoms with Crippen LogP contribution < -0.4 is 31.8 Å². The predicted octanol–water partition coefficient (Wildman–Crippen LogP) is 1.97. The zero-order chi connectivity index (χ0) is 22.6. The van der Waals surface area contributed by atoms with Gasteiger partial charge in [-0.25, -0.2) is 0 Å². The third-order valence-corrected chi connectivity index (χ3v) is 4.75. The first-order chi connectivity index (χ1) is 14.7. The number of hydrogen-bond acceptors (Lipinski definition) is 6. The molecule has 31 heavy (non-hydrogen) atoms. The Kier molecular flexibility index (Phi) is 6.37. The van der Waals surface area contributed by atoms with Crippen molar-refractivity contribution in [2.45, 2.75) is 31.1 Å². The summed E-state index contributed by atoms with van der Waals surface area (Å²) in [5.74, 6) is 3.83. The Morgan fingerprint density at radius 2 is 1.71 bits per heavy atom. The number of nitrogens with one attached hydrogen (secondary N) is 2. The van der Waals surface area contributed by atoms with E-state index in [-0.39, 0.29) is 30.5 Å². The van der Waals surface area contributed by atoms with Gasteiger partial charge in [0.15, 0.2) is 0 Å². The van der Waals surface area contributed by atoms with Gasteiger partial charge in [-0.2, -0.15) is 19.1 Å². The molecule has 0 saturated heterocycles. The standard InChI is InChI=1S/C20H21F3N4O4/c21-20(22,23)15-9-14(31-25)5-6-16(15)30-13-3-1-12(2-4-13)11-26-18(29)19(7-8-19)27-17(28)10-24/h1-6,9H,7-8,10-11,24-25H2,(H,26,29)(H,27,28). The van der Waals surface area contributed by atoms with E-state index in [9.17, 15) is 22.8 Å². The van der Waals surface area contributed by atoms with Crippen molar-refractivity contribution < 1.29 is 32.3 Å². The molecule has 2 aromatic rings. The zero-order valence-electron chi connectivity index (χ0n) is 16.3. The van der Waals surface area contributed by atoms with Gasteiger partial charge in [-0.1, -0.05) is 12.1 Å². The summed E-state index contributed by atoms with van der Waals surface area (Å²) in [6.45, 7) is -0.0236. The lowest BCUT2D eigenvalue weighted by atomic mass is 10.1. The minimum atomic E-state index is -4.66. The molecule has 0 unspecified atom stereocenters. The normalized spacial score (nSPS) is 14.5. The van der Waals surface area contributed by atoms with Crippen LogP contribution in [0.2, 0.25) is 0 Å². The number of carbonyl (C=O) groups is 2. The second kappa shape index (κ2) is 8.82. The quantitative estimate of drug-likeness (QED) is 0.467. The van der Waals surface area contributed by atoms with Gasteiger partial charge in [0.05, 0.1) is 6.54 Å². The van der Waals surface area contributed by atoms with Crippen LogP contribution in [0.1, 0.15) is 24.0 Å². The second-order valence-corrected chi connectivity index (χ2v) is 7.04. The number of nitrogens with two attached hydrogens (primary N) is 2. The predicted molar refractivity (Wildman–Crippen MR) is 104 cm³/mol. The van der Waals surface area contributed by atoms with Crippen LogP contribution in [0.25, 0.3) is 0 Å². The van der Waals surface area contributed by atoms with Crippen molar-refractivity contribution in [2.24, 2.45) is 11.6 Å². The molecule has 0 bridgehead atoms. The molecule has 6 N–H and O–H groups in total. The minimum absolute atomic E-state index is 0.151. The van der Waals surface area contributed by atoms with Gasteiger partial charge >= 0.3 is 6.18 Å². The molecule has 2 aromatic carbocycles. The number of halogens is 3. The Hall–Kier alpha value is -3.31. The summed E-state index contributed by atoms with van der Waals surface area (Å²) in [5, 5.41) is 5.34. The first kappa shape index (κ1) is 22.4. The Bertz CT molecular complexity index is 960. The number of rotatable bonds is 8. The summed E-state index contributed by atoms with van der Waals surface area (Å²) in [6, 6.07) is 9.30. The monoisotopic (exact) mass is 438 g/mol. The molecular formula is C20H21F3N4O4. The summed E-state index contributed by atoms with van der Waals surface area (Å²) in [5.41, 5.74) is 4.02. The van der Waals surface area contributed by atoms with Crippen LogP contribution in [0.5, 0.6) is 17.2 Å². The van der Waals surface area contributed by atoms with Gasteiger partial charge in [-0.15, -0.1) is 0 Å². The van der Waals surface area contributed by atoms with E-state index in [1.807, 2.05) is 0 Å². The number of amides is 2. The maximum absolute atomic E-state index is 13.3. The summed E-state index contributed by atoms with van der Waals surface area (Å²) >= 11 is 0. The highest BCUT2D eigenvalue weighted by Crippen LogP contribution is 2.40. The van der Waals surface area contributed by atoms with Gasteiger partial charge in [-0.3, -0.25) is 9.59 Å². The van der Waals surface area contributed by atoms with E-state index in [4.69, 9.17) is 16.4 Å². The van der Waals surface area contributed by atoms with Crippen LogP contribution in [-0.2, 0) is 22.3 Å². The van der Waals surface area contributed by atoms with Crippen molar-refractivity contribution in [2.75, 3.05) is 6.54 Å². The molecule has 166 valence electrons. The van der Waals surface area contributed by atoms with Gasteiger partial charge in [0.25, 0.3) is 0 Å². The van der Waals surface area contributed by atoms with Crippen molar-refractivity contribution in [1.82, 2.24) is 10.6 Å². The smallest absolute Gasteiger partial charge is 0.420 e. The number of benzene rings is 2. The van der Waals surface area contributed by atoms with Gasteiger partial charge in [-0.05, 0) is 48.7 Å². The highest BCUT2D eigenvalue weighted by Gasteiger charge is 2.50. The highest BCUT2D eigenvalue weighted by atomic mass is 19.4. The third kappa shape index (κ3) is 5.44. The Balaban J connectivity index is 1.63. The van der Waals surface area contributed by atoms with Gasteiger partial charge < -0.3 is 25.9 Å². The molecule has 3 rings (SSSR count). The number of alkyl halides is 3. The fraction of sp³-hybridized carbons (Fsp3) is 0.300. The van der Waals surface area contributed by atoms with Crippen LogP contribution in [0.15, 0.2) is 42.5 Å². The molecule has 1 aliphatic rings. The molecule has 0 spiro atoms. The second-order valence-electron chi connectivity index (χ2n) is 7.04. The van der Waals surface area contributed by atoms with Crippen LogP contribution in [-0.4, -0.2) is 23.9 Å². The first-order valence-corrected chi connectivity index (χ1v) is 9.31. The van der Waals surface area contributed by atoms with Gasteiger partial charge in [0.2, 0.25) is 11.8 Å². The van der Waals surface area contributed by atoms with Crippen LogP contribution in [0.3, 0.4) is 0 Å². The molecular weight excluding hydrogens is 417 g/mol. The van der Waals surface area contributed by atoms with Crippen LogP contribution in [0, 0.1) is 0 Å². The zero-order valence-corrected chi connectivity index (χ0v) is 16.3. The number of ether oxygens (including phenoxy) is 1. The van der Waals surface area contributed by atoms with E-state index in [1.165, 1.54) is 18.2 Å². The van der Waals surface area contributed by atoms with Crippen LogP contribution >= 0.6 is 0 Å². The van der Waals surface area contributed by atoms with E-state index >= 15 is 0 Å². The summed E-state index contributed by atoms with van der Waals surface area (Å²) in [6.07, 6.45) is -3.59. The van der Waals surface area contributed by atoms with E-state index in [0.29, 0.717) is 18.4 Å². The number of carbonyl (C=O) groups excluding carboxylic acids is 2. The van der Waals surface area contributed by atoms with Crippen molar-refractivity contribution in [3.05, 3.63) is 53.6 Å². The first-order valence-electron chi connectivity index (χ1n) is 9.31. The summed E-state index contributed by atoms with van der Waals surface area (Å²) < 4.78 is 45.2. The molecule has 0 heterocycles. The average molecular weight is 438 g/mol. The average Bonchev–Trinajstić information content (AvgIpc) is 3.53. The molecule has 0 radical (unpaired) electrons. The van der Waals surface area contributed by atoms with Crippen molar-refractivity contribution >= 4 is 11.8 Å². The SMILES string of the molecule is NCC(=O)NC1(C(=O)NCc2ccc(Oc3ccc(ON)cc3C(F)(F)F)cc2)CC1. The molecule has 11 heteroatoms. The van der Waals surface area contributed by atoms with Crippen molar-refractivity contribution in [3.63, 3.8) is 0 Å². The fourth-order valence-electron chi connectivity index (χ4n) is 2.90. The molecule has 0 aliphatic heterocycles. The molecule has 0 atom stereocenters. The topological polar surface area (TPSA) is 129 Å². The lowest BCUT2D eigenvalue weighted by molar-refractivity contribution is -0.138. The van der Waals surface area contributed by atoms with Gasteiger partial charge in [0.1, 0.15) is 28.4 Å². The Morgan fingerprint density at radius 3 is 2.26 bits per heavy atom. The maximum Gasteiger partial charge on any atom is 0.420 e. The van der Waals surface area contributed by atoms with Gasteiger partial charge in [0, 0.05) is 6.54 Å². The van der Waals surface area contributed by atoms with E-state index in [0.717, 1.165) is 12.1 Å². The molecule has 2 amide bonds. The Labute approximate surface area is 175 Å². The van der Waals surface area contributed by atoms with E-state index < -0.39 is 28.9 Å². The van der Waals surface area contributed by atoms with Crippen LogP contribution in [0.4, 0.5) is 13.2 Å². The fourth-order valence-corrected chi connectivity index (χ4v) is 2.90. The van der Waals surface area contributed by atoms with Crippen molar-refractivity contribution in [1.29, 1.82) is 0 Å². The Morgan fingerprint density at radius 1 is 1.06 bits per heavy atom. The lowest BCUT2D eigenvalue weighted by Gasteiger charge is -2.17. The lowest BCUT2D eigenvalue weighted by Crippen LogP contribution is -2.50.